The second-order valence-corrected chi connectivity index (χ2v) is 8.74. The molecule has 3 rings (SSSR count). The summed E-state index contributed by atoms with van der Waals surface area (Å²) in [6.07, 6.45) is 3.81. The first kappa shape index (κ1) is 21.1. The van der Waals surface area contributed by atoms with E-state index in [1.165, 1.54) is 4.31 Å². The number of halogens is 1. The maximum Gasteiger partial charge on any atom is 0.220 e. The van der Waals surface area contributed by atoms with Crippen molar-refractivity contribution in [1.82, 2.24) is 24.7 Å². The minimum atomic E-state index is -3.23. The van der Waals surface area contributed by atoms with E-state index >= 15 is 0 Å². The fraction of sp³-hybridized carbons (Fsp3) is 0.750. The number of hydrogen-bond acceptors (Lipinski definition) is 5. The topological polar surface area (TPSA) is 96.3 Å². The summed E-state index contributed by atoms with van der Waals surface area (Å²) in [5.74, 6) is -0.152. The Morgan fingerprint density at radius 2 is 2.00 bits per heavy atom. The van der Waals surface area contributed by atoms with Gasteiger partial charge in [0.15, 0.2) is 0 Å². The number of nitrogens with one attached hydrogen (secondary N) is 2. The highest BCUT2D eigenvalue weighted by molar-refractivity contribution is 7.89. The van der Waals surface area contributed by atoms with Crippen LogP contribution in [0.15, 0.2) is 6.07 Å². The van der Waals surface area contributed by atoms with Crippen molar-refractivity contribution in [2.24, 2.45) is 0 Å². The summed E-state index contributed by atoms with van der Waals surface area (Å²) in [6, 6.07) is 2.05. The van der Waals surface area contributed by atoms with Crippen molar-refractivity contribution < 1.29 is 13.2 Å². The zero-order chi connectivity index (χ0) is 17.7. The number of carbonyl (C=O) groups excluding carboxylic acids is 1. The number of sulfonamides is 1. The fourth-order valence-electron chi connectivity index (χ4n) is 3.29. The molecule has 2 N–H and O–H groups in total. The highest BCUT2D eigenvalue weighted by Gasteiger charge is 2.24. The van der Waals surface area contributed by atoms with Gasteiger partial charge in [-0.05, 0) is 31.9 Å². The lowest BCUT2D eigenvalue weighted by molar-refractivity contribution is -0.120. The van der Waals surface area contributed by atoms with Gasteiger partial charge in [-0.15, -0.1) is 12.4 Å². The second-order valence-electron chi connectivity index (χ2n) is 6.65. The first-order valence-corrected chi connectivity index (χ1v) is 10.7. The lowest BCUT2D eigenvalue weighted by Gasteiger charge is -2.15. The maximum absolute atomic E-state index is 12.1. The van der Waals surface area contributed by atoms with Crippen molar-refractivity contribution in [2.75, 3.05) is 31.9 Å². The maximum atomic E-state index is 12.1. The molecule has 2 aliphatic heterocycles. The summed E-state index contributed by atoms with van der Waals surface area (Å²) >= 11 is 0. The summed E-state index contributed by atoms with van der Waals surface area (Å²) in [4.78, 5) is 12.0. The third-order valence-corrected chi connectivity index (χ3v) is 6.56. The van der Waals surface area contributed by atoms with Crippen molar-refractivity contribution in [3.05, 3.63) is 17.5 Å². The Morgan fingerprint density at radius 1 is 1.23 bits per heavy atom. The molecule has 3 heterocycles. The van der Waals surface area contributed by atoms with Gasteiger partial charge < -0.3 is 10.6 Å². The average Bonchev–Trinajstić information content (AvgIpc) is 3.20. The van der Waals surface area contributed by atoms with Gasteiger partial charge in [-0.25, -0.2) is 12.7 Å². The van der Waals surface area contributed by atoms with Crippen molar-refractivity contribution in [2.45, 2.75) is 45.2 Å². The molecule has 0 unspecified atom stereocenters. The minimum absolute atomic E-state index is 0. The van der Waals surface area contributed by atoms with Crippen LogP contribution < -0.4 is 10.6 Å². The molecule has 26 heavy (non-hydrogen) atoms. The molecule has 0 atom stereocenters. The Hall–Kier alpha value is -1.16. The molecule has 0 aromatic carbocycles. The molecule has 0 saturated carbocycles. The molecule has 8 nitrogen and oxygen atoms in total. The average molecular weight is 406 g/mol. The third kappa shape index (κ3) is 5.67. The van der Waals surface area contributed by atoms with Crippen LogP contribution in [0.4, 0.5) is 0 Å². The van der Waals surface area contributed by atoms with Crippen LogP contribution in [0, 0.1) is 0 Å². The number of carbonyl (C=O) groups is 1. The van der Waals surface area contributed by atoms with E-state index in [2.05, 4.69) is 15.7 Å². The fourth-order valence-corrected chi connectivity index (χ4v) is 4.72. The third-order valence-electron chi connectivity index (χ3n) is 4.69. The van der Waals surface area contributed by atoms with Crippen LogP contribution >= 0.6 is 12.4 Å². The molecule has 0 radical (unpaired) electrons. The van der Waals surface area contributed by atoms with Gasteiger partial charge in [0, 0.05) is 45.6 Å². The van der Waals surface area contributed by atoms with Crippen molar-refractivity contribution in [3.8, 4) is 0 Å². The monoisotopic (exact) mass is 405 g/mol. The van der Waals surface area contributed by atoms with Crippen LogP contribution in [0.1, 0.15) is 37.1 Å². The lowest BCUT2D eigenvalue weighted by atomic mass is 10.2. The number of rotatable bonds is 7. The van der Waals surface area contributed by atoms with Gasteiger partial charge in [0.25, 0.3) is 0 Å². The molecular weight excluding hydrogens is 378 g/mol. The van der Waals surface area contributed by atoms with Gasteiger partial charge in [-0.3, -0.25) is 9.48 Å². The van der Waals surface area contributed by atoms with Gasteiger partial charge in [0.1, 0.15) is 0 Å². The number of amides is 1. The van der Waals surface area contributed by atoms with Gasteiger partial charge in [-0.1, -0.05) is 0 Å². The number of aromatic nitrogens is 2. The molecule has 2 aliphatic rings. The van der Waals surface area contributed by atoms with Crippen molar-refractivity contribution >= 4 is 28.3 Å². The zero-order valence-corrected chi connectivity index (χ0v) is 16.6. The van der Waals surface area contributed by atoms with Gasteiger partial charge >= 0.3 is 0 Å². The Balaban J connectivity index is 0.00000243. The molecule has 0 spiro atoms. The van der Waals surface area contributed by atoms with E-state index in [0.717, 1.165) is 50.3 Å². The highest BCUT2D eigenvalue weighted by atomic mass is 35.5. The summed E-state index contributed by atoms with van der Waals surface area (Å²) in [6.45, 7) is 4.10. The summed E-state index contributed by atoms with van der Waals surface area (Å²) in [5, 5.41) is 10.6. The summed E-state index contributed by atoms with van der Waals surface area (Å²) in [7, 11) is -3.23. The Kier molecular flexibility index (Phi) is 7.87. The standard InChI is InChI=1S/C16H27N5O3S.ClH/c22-16(18-7-11-25(23,24)20-8-1-2-9-20)5-4-14-12-15-13-17-6-3-10-21(15)19-14;/h12,17H,1-11,13H2,(H,18,22);1H. The van der Waals surface area contributed by atoms with Gasteiger partial charge in [-0.2, -0.15) is 5.10 Å². The second kappa shape index (κ2) is 9.68. The number of nitrogens with zero attached hydrogens (tertiary/aromatic N) is 3. The van der Waals surface area contributed by atoms with E-state index in [4.69, 9.17) is 0 Å². The van der Waals surface area contributed by atoms with E-state index in [1.54, 1.807) is 0 Å². The first-order valence-electron chi connectivity index (χ1n) is 9.05. The summed E-state index contributed by atoms with van der Waals surface area (Å²) < 4.78 is 27.7. The normalized spacial score (nSPS) is 18.0. The van der Waals surface area contributed by atoms with Crippen LogP contribution in [0.2, 0.25) is 0 Å². The molecule has 1 saturated heterocycles. The first-order chi connectivity index (χ1) is 12.0. The van der Waals surface area contributed by atoms with E-state index in [0.29, 0.717) is 25.9 Å². The van der Waals surface area contributed by atoms with Crippen LogP contribution in [0.25, 0.3) is 0 Å². The Bertz CT molecular complexity index is 677. The lowest BCUT2D eigenvalue weighted by Crippen LogP contribution is -2.36. The predicted octanol–water partition coefficient (Wildman–Crippen LogP) is 0.273. The van der Waals surface area contributed by atoms with Crippen LogP contribution in [0.5, 0.6) is 0 Å². The quantitative estimate of drug-likeness (QED) is 0.678. The van der Waals surface area contributed by atoms with Crippen molar-refractivity contribution in [1.29, 1.82) is 0 Å². The molecule has 1 aromatic rings. The SMILES string of the molecule is Cl.O=C(CCc1cc2n(n1)CCCNC2)NCCS(=O)(=O)N1CCCC1. The van der Waals surface area contributed by atoms with E-state index in [9.17, 15) is 13.2 Å². The highest BCUT2D eigenvalue weighted by Crippen LogP contribution is 2.13. The molecular formula is C16H28ClN5O3S. The number of fused-ring (bicyclic) bond motifs is 1. The zero-order valence-electron chi connectivity index (χ0n) is 14.9. The van der Waals surface area contributed by atoms with Crippen LogP contribution in [-0.4, -0.2) is 60.3 Å². The van der Waals surface area contributed by atoms with E-state index < -0.39 is 10.0 Å². The van der Waals surface area contributed by atoms with Crippen molar-refractivity contribution in [3.63, 3.8) is 0 Å². The molecule has 10 heteroatoms. The van der Waals surface area contributed by atoms with E-state index in [1.807, 2.05) is 10.7 Å². The smallest absolute Gasteiger partial charge is 0.220 e. The summed E-state index contributed by atoms with van der Waals surface area (Å²) in [5.41, 5.74) is 2.07. The molecule has 1 amide bonds. The van der Waals surface area contributed by atoms with Gasteiger partial charge in [0.05, 0.1) is 17.1 Å². The molecule has 1 fully saturated rings. The Labute approximate surface area is 161 Å². The van der Waals surface area contributed by atoms with Gasteiger partial charge in [0.2, 0.25) is 15.9 Å². The number of aryl methyl sites for hydroxylation is 2. The van der Waals surface area contributed by atoms with E-state index in [-0.39, 0.29) is 30.6 Å². The molecule has 148 valence electrons. The number of hydrogen-bond donors (Lipinski definition) is 2. The largest absolute Gasteiger partial charge is 0.355 e. The molecule has 1 aromatic heterocycles. The minimum Gasteiger partial charge on any atom is -0.355 e. The van der Waals surface area contributed by atoms with Crippen LogP contribution in [0.3, 0.4) is 0 Å². The van der Waals surface area contributed by atoms with Crippen LogP contribution in [-0.2, 0) is 34.3 Å². The molecule has 0 bridgehead atoms. The molecule has 0 aliphatic carbocycles. The Morgan fingerprint density at radius 3 is 2.77 bits per heavy atom. The predicted molar refractivity (Wildman–Crippen MR) is 102 cm³/mol.